The molecule has 0 unspecified atom stereocenters. The molecule has 3 aromatic rings. The molecule has 0 spiro atoms. The third-order valence-electron chi connectivity index (χ3n) is 2.55. The van der Waals surface area contributed by atoms with Crippen LogP contribution in [0.3, 0.4) is 0 Å². The zero-order chi connectivity index (χ0) is 11.1. The van der Waals surface area contributed by atoms with Crippen LogP contribution in [-0.2, 0) is 0 Å². The molecule has 2 heterocycles. The summed E-state index contributed by atoms with van der Waals surface area (Å²) in [7, 11) is 0. The number of hydrogen-bond acceptors (Lipinski definition) is 1. The summed E-state index contributed by atoms with van der Waals surface area (Å²) in [6.07, 6.45) is 1.91. The van der Waals surface area contributed by atoms with Crippen LogP contribution < -0.4 is 0 Å². The lowest BCUT2D eigenvalue weighted by atomic mass is 10.1. The molecule has 0 fully saturated rings. The Bertz CT molecular complexity index is 656. The molecule has 0 aliphatic carbocycles. The number of benzene rings is 1. The van der Waals surface area contributed by atoms with Gasteiger partial charge in [0.1, 0.15) is 5.82 Å². The van der Waals surface area contributed by atoms with Gasteiger partial charge in [-0.3, -0.25) is 0 Å². The second kappa shape index (κ2) is 3.71. The van der Waals surface area contributed by atoms with E-state index in [4.69, 9.17) is 0 Å². The van der Waals surface area contributed by atoms with E-state index in [1.165, 1.54) is 6.07 Å². The van der Waals surface area contributed by atoms with Gasteiger partial charge in [-0.1, -0.05) is 0 Å². The molecule has 4 heteroatoms. The fourth-order valence-electron chi connectivity index (χ4n) is 1.80. The fourth-order valence-corrected chi connectivity index (χ4v) is 3.10. The van der Waals surface area contributed by atoms with Crippen molar-refractivity contribution in [3.63, 3.8) is 0 Å². The third-order valence-corrected chi connectivity index (χ3v) is 4.24. The van der Waals surface area contributed by atoms with Crippen LogP contribution in [0, 0.1) is 5.82 Å². The van der Waals surface area contributed by atoms with E-state index < -0.39 is 0 Å². The van der Waals surface area contributed by atoms with Gasteiger partial charge in [0.15, 0.2) is 0 Å². The predicted octanol–water partition coefficient (Wildman–Crippen LogP) is 4.80. The minimum Gasteiger partial charge on any atom is -0.361 e. The van der Waals surface area contributed by atoms with E-state index in [9.17, 15) is 4.39 Å². The van der Waals surface area contributed by atoms with Crippen molar-refractivity contribution in [3.05, 3.63) is 45.4 Å². The number of halogens is 2. The molecule has 0 radical (unpaired) electrons. The van der Waals surface area contributed by atoms with Crippen LogP contribution in [0.4, 0.5) is 4.39 Å². The maximum Gasteiger partial charge on any atom is 0.123 e. The van der Waals surface area contributed by atoms with Crippen LogP contribution in [0.15, 0.2) is 39.6 Å². The molecular formula is C12H7BrFNS. The number of fused-ring (bicyclic) bond motifs is 1. The second-order valence-corrected chi connectivity index (χ2v) is 5.73. The number of hydrogen-bond donors (Lipinski definition) is 1. The summed E-state index contributed by atoms with van der Waals surface area (Å²) in [5, 5.41) is 2.93. The number of H-pyrrole nitrogens is 1. The summed E-state index contributed by atoms with van der Waals surface area (Å²) in [6.45, 7) is 0. The lowest BCUT2D eigenvalue weighted by molar-refractivity contribution is 0.630. The first-order valence-electron chi connectivity index (χ1n) is 4.76. The van der Waals surface area contributed by atoms with Crippen LogP contribution in [-0.4, -0.2) is 4.98 Å². The molecule has 0 atom stereocenters. The van der Waals surface area contributed by atoms with E-state index in [2.05, 4.69) is 20.9 Å². The molecule has 16 heavy (non-hydrogen) atoms. The quantitative estimate of drug-likeness (QED) is 0.664. The number of nitrogens with one attached hydrogen (secondary N) is 1. The lowest BCUT2D eigenvalue weighted by Crippen LogP contribution is -1.75. The Kier molecular flexibility index (Phi) is 2.33. The summed E-state index contributed by atoms with van der Waals surface area (Å²) in [5.74, 6) is -0.209. The van der Waals surface area contributed by atoms with E-state index in [1.54, 1.807) is 23.5 Å². The number of aromatic nitrogens is 1. The van der Waals surface area contributed by atoms with Crippen molar-refractivity contribution < 1.29 is 4.39 Å². The smallest absolute Gasteiger partial charge is 0.123 e. The average Bonchev–Trinajstić information content (AvgIpc) is 2.83. The Labute approximate surface area is 104 Å². The molecule has 0 bridgehead atoms. The zero-order valence-corrected chi connectivity index (χ0v) is 10.5. The van der Waals surface area contributed by atoms with Crippen molar-refractivity contribution in [2.24, 2.45) is 0 Å². The molecule has 80 valence electrons. The summed E-state index contributed by atoms with van der Waals surface area (Å²) < 4.78 is 14.3. The zero-order valence-electron chi connectivity index (χ0n) is 8.13. The van der Waals surface area contributed by atoms with E-state index in [-0.39, 0.29) is 5.82 Å². The van der Waals surface area contributed by atoms with Crippen molar-refractivity contribution in [3.8, 4) is 11.1 Å². The van der Waals surface area contributed by atoms with Gasteiger partial charge in [-0.15, -0.1) is 11.3 Å². The average molecular weight is 296 g/mol. The maximum atomic E-state index is 13.2. The summed E-state index contributed by atoms with van der Waals surface area (Å²) in [4.78, 5) is 3.15. The van der Waals surface area contributed by atoms with Gasteiger partial charge in [0, 0.05) is 28.2 Å². The first-order valence-corrected chi connectivity index (χ1v) is 6.43. The monoisotopic (exact) mass is 295 g/mol. The minimum absolute atomic E-state index is 0.209. The summed E-state index contributed by atoms with van der Waals surface area (Å²) in [6, 6.07) is 6.81. The second-order valence-electron chi connectivity index (χ2n) is 3.50. The van der Waals surface area contributed by atoms with Gasteiger partial charge in [-0.2, -0.15) is 0 Å². The van der Waals surface area contributed by atoms with Crippen LogP contribution in [0.25, 0.3) is 22.0 Å². The maximum absolute atomic E-state index is 13.2. The van der Waals surface area contributed by atoms with E-state index in [1.807, 2.05) is 17.6 Å². The Hall–Kier alpha value is -1.13. The highest BCUT2D eigenvalue weighted by Crippen LogP contribution is 2.37. The molecular weight excluding hydrogens is 289 g/mol. The molecule has 0 saturated carbocycles. The Morgan fingerprint density at radius 2 is 2.06 bits per heavy atom. The number of thiophene rings is 1. The fraction of sp³-hybridized carbons (Fsp3) is 0. The molecule has 0 amide bonds. The summed E-state index contributed by atoms with van der Waals surface area (Å²) >= 11 is 5.13. The predicted molar refractivity (Wildman–Crippen MR) is 69.3 cm³/mol. The van der Waals surface area contributed by atoms with Crippen molar-refractivity contribution in [2.45, 2.75) is 0 Å². The number of aromatic amines is 1. The van der Waals surface area contributed by atoms with Gasteiger partial charge in [0.05, 0.1) is 3.79 Å². The molecule has 1 nitrogen and oxygen atoms in total. The standard InChI is InChI=1S/C12H7BrFNS/c13-12-8(3-4-16-12)10-6-15-11-2-1-7(14)5-9(10)11/h1-6,15H. The first kappa shape index (κ1) is 10.1. The van der Waals surface area contributed by atoms with Crippen LogP contribution >= 0.6 is 27.3 Å². The number of rotatable bonds is 1. The molecule has 2 aromatic heterocycles. The topological polar surface area (TPSA) is 15.8 Å². The molecule has 3 rings (SSSR count). The van der Waals surface area contributed by atoms with Crippen molar-refractivity contribution in [2.75, 3.05) is 0 Å². The van der Waals surface area contributed by atoms with Gasteiger partial charge in [0.25, 0.3) is 0 Å². The largest absolute Gasteiger partial charge is 0.361 e. The SMILES string of the molecule is Fc1ccc2[nH]cc(-c3ccsc3Br)c2c1. The Morgan fingerprint density at radius 1 is 1.19 bits per heavy atom. The Morgan fingerprint density at radius 3 is 2.81 bits per heavy atom. The van der Waals surface area contributed by atoms with E-state index in [0.29, 0.717) is 0 Å². The van der Waals surface area contributed by atoms with Crippen molar-refractivity contribution in [1.82, 2.24) is 4.98 Å². The molecule has 1 aromatic carbocycles. The highest BCUT2D eigenvalue weighted by atomic mass is 79.9. The third kappa shape index (κ3) is 1.49. The molecule has 1 N–H and O–H groups in total. The normalized spacial score (nSPS) is 11.1. The first-order chi connectivity index (χ1) is 7.75. The van der Waals surface area contributed by atoms with Crippen molar-refractivity contribution in [1.29, 1.82) is 0 Å². The van der Waals surface area contributed by atoms with Crippen LogP contribution in [0.1, 0.15) is 0 Å². The molecule has 0 aliphatic rings. The van der Waals surface area contributed by atoms with Gasteiger partial charge in [-0.25, -0.2) is 4.39 Å². The molecule has 0 saturated heterocycles. The van der Waals surface area contributed by atoms with Crippen molar-refractivity contribution >= 4 is 38.2 Å². The van der Waals surface area contributed by atoms with Gasteiger partial charge in [-0.05, 0) is 45.6 Å². The van der Waals surface area contributed by atoms with Gasteiger partial charge >= 0.3 is 0 Å². The highest BCUT2D eigenvalue weighted by Gasteiger charge is 2.10. The minimum atomic E-state index is -0.209. The van der Waals surface area contributed by atoms with E-state index in [0.717, 1.165) is 25.8 Å². The van der Waals surface area contributed by atoms with Crippen LogP contribution in [0.2, 0.25) is 0 Å². The van der Waals surface area contributed by atoms with Gasteiger partial charge < -0.3 is 4.98 Å². The summed E-state index contributed by atoms with van der Waals surface area (Å²) in [5.41, 5.74) is 3.08. The van der Waals surface area contributed by atoms with E-state index >= 15 is 0 Å². The van der Waals surface area contributed by atoms with Gasteiger partial charge in [0.2, 0.25) is 0 Å². The van der Waals surface area contributed by atoms with Crippen LogP contribution in [0.5, 0.6) is 0 Å². The highest BCUT2D eigenvalue weighted by molar-refractivity contribution is 9.11. The Balaban J connectivity index is 2.32. The molecule has 0 aliphatic heterocycles. The lowest BCUT2D eigenvalue weighted by Gasteiger charge is -1.97.